The summed E-state index contributed by atoms with van der Waals surface area (Å²) in [6.07, 6.45) is 1.60. The van der Waals surface area contributed by atoms with Crippen molar-refractivity contribution in [1.29, 1.82) is 0 Å². The molecule has 0 radical (unpaired) electrons. The average Bonchev–Trinajstić information content (AvgIpc) is 2.30. The number of nitrogens with zero attached hydrogens (tertiary/aromatic N) is 1. The monoisotopic (exact) mass is 264 g/mol. The lowest BCUT2D eigenvalue weighted by atomic mass is 9.94. The highest BCUT2D eigenvalue weighted by molar-refractivity contribution is 5.76. The smallest absolute Gasteiger partial charge is 0.221 e. The topological polar surface area (TPSA) is 32.3 Å². The molecule has 1 aliphatic rings. The molecule has 1 saturated heterocycles. The summed E-state index contributed by atoms with van der Waals surface area (Å²) in [6, 6.07) is 7.19. The van der Waals surface area contributed by atoms with Crippen molar-refractivity contribution in [3.63, 3.8) is 0 Å². The van der Waals surface area contributed by atoms with Crippen molar-refractivity contribution < 1.29 is 9.18 Å². The number of benzene rings is 1. The van der Waals surface area contributed by atoms with Gasteiger partial charge in [0.1, 0.15) is 5.82 Å². The van der Waals surface area contributed by atoms with Crippen LogP contribution in [0.1, 0.15) is 38.3 Å². The maximum absolute atomic E-state index is 12.9. The molecular formula is C15H21FN2O. The Labute approximate surface area is 113 Å². The number of carbonyl (C=O) groups is 1. The van der Waals surface area contributed by atoms with Gasteiger partial charge >= 0.3 is 0 Å². The van der Waals surface area contributed by atoms with Crippen LogP contribution in [0.25, 0.3) is 0 Å². The summed E-state index contributed by atoms with van der Waals surface area (Å²) < 4.78 is 12.9. The largest absolute Gasteiger partial charge is 0.354 e. The van der Waals surface area contributed by atoms with E-state index in [1.165, 1.54) is 12.1 Å². The zero-order valence-corrected chi connectivity index (χ0v) is 11.5. The first-order valence-electron chi connectivity index (χ1n) is 6.85. The van der Waals surface area contributed by atoms with Crippen LogP contribution in [0.2, 0.25) is 0 Å². The summed E-state index contributed by atoms with van der Waals surface area (Å²) in [5.74, 6) is -0.106. The van der Waals surface area contributed by atoms with E-state index in [1.54, 1.807) is 0 Å². The molecule has 0 saturated carbocycles. The van der Waals surface area contributed by atoms with Gasteiger partial charge in [-0.05, 0) is 38.0 Å². The SMILES string of the molecule is CC(C)NC(=O)CCN1CC[C@@H]1c1ccc(F)cc1. The van der Waals surface area contributed by atoms with E-state index in [2.05, 4.69) is 10.2 Å². The number of likely N-dealkylation sites (tertiary alicyclic amines) is 1. The van der Waals surface area contributed by atoms with Gasteiger partial charge < -0.3 is 5.32 Å². The minimum absolute atomic E-state index is 0.0970. The van der Waals surface area contributed by atoms with Crippen molar-refractivity contribution >= 4 is 5.91 Å². The summed E-state index contributed by atoms with van der Waals surface area (Å²) >= 11 is 0. The molecule has 0 aliphatic carbocycles. The quantitative estimate of drug-likeness (QED) is 0.886. The Morgan fingerprint density at radius 3 is 2.63 bits per heavy atom. The van der Waals surface area contributed by atoms with E-state index in [0.717, 1.165) is 25.1 Å². The fourth-order valence-corrected chi connectivity index (χ4v) is 2.41. The van der Waals surface area contributed by atoms with Gasteiger partial charge in [0.05, 0.1) is 0 Å². The fraction of sp³-hybridized carbons (Fsp3) is 0.533. The van der Waals surface area contributed by atoms with Crippen molar-refractivity contribution in [3.05, 3.63) is 35.6 Å². The number of hydrogen-bond donors (Lipinski definition) is 1. The van der Waals surface area contributed by atoms with Gasteiger partial charge in [-0.1, -0.05) is 12.1 Å². The molecule has 1 amide bonds. The Morgan fingerprint density at radius 2 is 2.11 bits per heavy atom. The third kappa shape index (κ3) is 3.77. The number of rotatable bonds is 5. The Balaban J connectivity index is 1.82. The molecular weight excluding hydrogens is 243 g/mol. The molecule has 19 heavy (non-hydrogen) atoms. The molecule has 4 heteroatoms. The van der Waals surface area contributed by atoms with Crippen LogP contribution in [0.4, 0.5) is 4.39 Å². The van der Waals surface area contributed by atoms with E-state index in [1.807, 2.05) is 26.0 Å². The second kappa shape index (κ2) is 6.15. The normalized spacial score (nSPS) is 19.3. The lowest BCUT2D eigenvalue weighted by molar-refractivity contribution is -0.122. The number of hydrogen-bond acceptors (Lipinski definition) is 2. The number of nitrogens with one attached hydrogen (secondary N) is 1. The van der Waals surface area contributed by atoms with E-state index in [4.69, 9.17) is 0 Å². The molecule has 0 spiro atoms. The predicted molar refractivity (Wildman–Crippen MR) is 73.2 cm³/mol. The second-order valence-electron chi connectivity index (χ2n) is 5.36. The zero-order chi connectivity index (χ0) is 13.8. The minimum atomic E-state index is -0.203. The van der Waals surface area contributed by atoms with E-state index in [9.17, 15) is 9.18 Å². The third-order valence-electron chi connectivity index (χ3n) is 3.46. The molecule has 0 unspecified atom stereocenters. The molecule has 1 heterocycles. The first-order chi connectivity index (χ1) is 9.06. The van der Waals surface area contributed by atoms with Crippen molar-refractivity contribution in [2.24, 2.45) is 0 Å². The maximum atomic E-state index is 12.9. The molecule has 1 atom stereocenters. The summed E-state index contributed by atoms with van der Waals surface area (Å²) in [6.45, 7) is 5.70. The van der Waals surface area contributed by atoms with Crippen LogP contribution < -0.4 is 5.32 Å². The molecule has 1 N–H and O–H groups in total. The molecule has 3 nitrogen and oxygen atoms in total. The van der Waals surface area contributed by atoms with Crippen molar-refractivity contribution in [1.82, 2.24) is 10.2 Å². The van der Waals surface area contributed by atoms with Crippen LogP contribution >= 0.6 is 0 Å². The highest BCUT2D eigenvalue weighted by Gasteiger charge is 2.29. The Kier molecular flexibility index (Phi) is 4.53. The maximum Gasteiger partial charge on any atom is 0.221 e. The van der Waals surface area contributed by atoms with Crippen LogP contribution in [0.15, 0.2) is 24.3 Å². The van der Waals surface area contributed by atoms with Gasteiger partial charge in [-0.2, -0.15) is 0 Å². The third-order valence-corrected chi connectivity index (χ3v) is 3.46. The summed E-state index contributed by atoms with van der Waals surface area (Å²) in [4.78, 5) is 13.9. The molecule has 1 fully saturated rings. The van der Waals surface area contributed by atoms with E-state index in [-0.39, 0.29) is 17.8 Å². The second-order valence-corrected chi connectivity index (χ2v) is 5.36. The standard InChI is InChI=1S/C15H21FN2O/c1-11(2)17-15(19)8-10-18-9-7-14(18)12-3-5-13(16)6-4-12/h3-6,11,14H,7-10H2,1-2H3,(H,17,19)/t14-/m1/s1. The average molecular weight is 264 g/mol. The van der Waals surface area contributed by atoms with Crippen LogP contribution in [0.3, 0.4) is 0 Å². The Hall–Kier alpha value is -1.42. The number of amides is 1. The lowest BCUT2D eigenvalue weighted by Crippen LogP contribution is -2.43. The molecule has 104 valence electrons. The molecule has 2 rings (SSSR count). The molecule has 1 aliphatic heterocycles. The molecule has 1 aromatic rings. The fourth-order valence-electron chi connectivity index (χ4n) is 2.41. The molecule has 1 aromatic carbocycles. The van der Waals surface area contributed by atoms with E-state index < -0.39 is 0 Å². The van der Waals surface area contributed by atoms with Crippen LogP contribution in [0, 0.1) is 5.82 Å². The van der Waals surface area contributed by atoms with Crippen LogP contribution in [-0.2, 0) is 4.79 Å². The number of halogens is 1. The zero-order valence-electron chi connectivity index (χ0n) is 11.5. The van der Waals surface area contributed by atoms with E-state index >= 15 is 0 Å². The first-order valence-corrected chi connectivity index (χ1v) is 6.85. The van der Waals surface area contributed by atoms with Gasteiger partial charge in [-0.25, -0.2) is 4.39 Å². The van der Waals surface area contributed by atoms with Gasteiger partial charge in [0.25, 0.3) is 0 Å². The minimum Gasteiger partial charge on any atom is -0.354 e. The summed E-state index contributed by atoms with van der Waals surface area (Å²) in [7, 11) is 0. The van der Waals surface area contributed by atoms with E-state index in [0.29, 0.717) is 12.5 Å². The van der Waals surface area contributed by atoms with Gasteiger partial charge in [-0.15, -0.1) is 0 Å². The molecule has 0 aromatic heterocycles. The predicted octanol–water partition coefficient (Wildman–Crippen LogP) is 2.49. The van der Waals surface area contributed by atoms with Crippen LogP contribution in [-0.4, -0.2) is 29.9 Å². The van der Waals surface area contributed by atoms with Gasteiger partial charge in [0, 0.05) is 31.6 Å². The lowest BCUT2D eigenvalue weighted by Gasteiger charge is -2.41. The Morgan fingerprint density at radius 1 is 1.42 bits per heavy atom. The first kappa shape index (κ1) is 14.0. The number of carbonyl (C=O) groups excluding carboxylic acids is 1. The van der Waals surface area contributed by atoms with Crippen molar-refractivity contribution in [2.45, 2.75) is 38.8 Å². The van der Waals surface area contributed by atoms with Gasteiger partial charge in [-0.3, -0.25) is 9.69 Å². The van der Waals surface area contributed by atoms with Crippen molar-refractivity contribution in [3.8, 4) is 0 Å². The van der Waals surface area contributed by atoms with Crippen molar-refractivity contribution in [2.75, 3.05) is 13.1 Å². The highest BCUT2D eigenvalue weighted by Crippen LogP contribution is 2.32. The highest BCUT2D eigenvalue weighted by atomic mass is 19.1. The molecule has 0 bridgehead atoms. The summed E-state index contributed by atoms with van der Waals surface area (Å²) in [5, 5.41) is 2.89. The summed E-state index contributed by atoms with van der Waals surface area (Å²) in [5.41, 5.74) is 1.14. The van der Waals surface area contributed by atoms with Gasteiger partial charge in [0.2, 0.25) is 5.91 Å². The van der Waals surface area contributed by atoms with Crippen LogP contribution in [0.5, 0.6) is 0 Å². The Bertz CT molecular complexity index is 430. The van der Waals surface area contributed by atoms with Gasteiger partial charge in [0.15, 0.2) is 0 Å².